The molecule has 4 nitrogen and oxygen atoms in total. The number of halogens is 3. The predicted molar refractivity (Wildman–Crippen MR) is 71.5 cm³/mol. The van der Waals surface area contributed by atoms with Gasteiger partial charge in [-0.05, 0) is 31.2 Å². The minimum Gasteiger partial charge on any atom is -0.353 e. The first-order chi connectivity index (χ1) is 9.84. The Morgan fingerprint density at radius 2 is 2.24 bits per heavy atom. The fraction of sp³-hybridized carbons (Fsp3) is 0.714. The largest absolute Gasteiger partial charge is 0.391 e. The van der Waals surface area contributed by atoms with Crippen molar-refractivity contribution in [3.8, 4) is 0 Å². The monoisotopic (exact) mass is 303 g/mol. The van der Waals surface area contributed by atoms with Gasteiger partial charge >= 0.3 is 6.18 Å². The van der Waals surface area contributed by atoms with Gasteiger partial charge in [-0.15, -0.1) is 0 Å². The molecule has 1 N–H and O–H groups in total. The van der Waals surface area contributed by atoms with Gasteiger partial charge in [-0.2, -0.15) is 18.3 Å². The first-order valence-corrected chi connectivity index (χ1v) is 7.18. The van der Waals surface area contributed by atoms with Crippen LogP contribution in [0.5, 0.6) is 0 Å². The first-order valence-electron chi connectivity index (χ1n) is 7.18. The van der Waals surface area contributed by atoms with Crippen LogP contribution < -0.4 is 5.32 Å². The highest BCUT2D eigenvalue weighted by Gasteiger charge is 2.42. The Bertz CT molecular complexity index is 484. The molecule has 118 valence electrons. The fourth-order valence-corrected chi connectivity index (χ4v) is 2.78. The van der Waals surface area contributed by atoms with Gasteiger partial charge in [0.1, 0.15) is 0 Å². The average molecular weight is 303 g/mol. The van der Waals surface area contributed by atoms with Gasteiger partial charge in [-0.1, -0.05) is 6.42 Å². The fourth-order valence-electron chi connectivity index (χ4n) is 2.78. The van der Waals surface area contributed by atoms with Crippen molar-refractivity contribution in [3.63, 3.8) is 0 Å². The molecule has 2 unspecified atom stereocenters. The van der Waals surface area contributed by atoms with Crippen LogP contribution in [0.3, 0.4) is 0 Å². The topological polar surface area (TPSA) is 46.9 Å². The van der Waals surface area contributed by atoms with Crippen LogP contribution in [-0.2, 0) is 18.3 Å². The van der Waals surface area contributed by atoms with E-state index in [1.165, 1.54) is 0 Å². The molecule has 1 aliphatic carbocycles. The molecule has 0 aromatic carbocycles. The van der Waals surface area contributed by atoms with Gasteiger partial charge in [0.25, 0.3) is 0 Å². The van der Waals surface area contributed by atoms with E-state index < -0.39 is 12.1 Å². The number of amides is 1. The van der Waals surface area contributed by atoms with E-state index in [4.69, 9.17) is 0 Å². The third-order valence-corrected chi connectivity index (χ3v) is 3.90. The minimum atomic E-state index is -4.15. The zero-order valence-corrected chi connectivity index (χ0v) is 12.0. The van der Waals surface area contributed by atoms with Gasteiger partial charge in [-0.25, -0.2) is 0 Å². The lowest BCUT2D eigenvalue weighted by atomic mass is 9.85. The number of nitrogens with one attached hydrogen (secondary N) is 1. The number of hydrogen-bond acceptors (Lipinski definition) is 2. The van der Waals surface area contributed by atoms with Gasteiger partial charge in [0.05, 0.1) is 12.1 Å². The molecule has 0 aliphatic heterocycles. The van der Waals surface area contributed by atoms with Crippen molar-refractivity contribution in [3.05, 3.63) is 18.0 Å². The third kappa shape index (κ3) is 4.75. The molecular formula is C14H20F3N3O. The highest BCUT2D eigenvalue weighted by molar-refractivity contribution is 5.76. The van der Waals surface area contributed by atoms with Crippen LogP contribution in [0.15, 0.2) is 12.4 Å². The Labute approximate surface area is 121 Å². The van der Waals surface area contributed by atoms with E-state index in [1.807, 2.05) is 6.20 Å². The smallest absolute Gasteiger partial charge is 0.353 e. The van der Waals surface area contributed by atoms with E-state index in [9.17, 15) is 18.0 Å². The highest BCUT2D eigenvalue weighted by atomic mass is 19.4. The first kappa shape index (κ1) is 15.9. The van der Waals surface area contributed by atoms with Crippen molar-refractivity contribution in [2.75, 3.05) is 0 Å². The molecule has 1 heterocycles. The zero-order chi connectivity index (χ0) is 15.5. The second-order valence-corrected chi connectivity index (χ2v) is 5.69. The van der Waals surface area contributed by atoms with Crippen LogP contribution in [0.25, 0.3) is 0 Å². The Balaban J connectivity index is 1.77. The number of hydrogen-bond donors (Lipinski definition) is 1. The summed E-state index contributed by atoms with van der Waals surface area (Å²) in [4.78, 5) is 11.8. The van der Waals surface area contributed by atoms with Crippen molar-refractivity contribution < 1.29 is 18.0 Å². The normalized spacial score (nSPS) is 23.0. The quantitative estimate of drug-likeness (QED) is 0.929. The lowest BCUT2D eigenvalue weighted by Crippen LogP contribution is -2.41. The van der Waals surface area contributed by atoms with Gasteiger partial charge in [0.2, 0.25) is 5.91 Å². The van der Waals surface area contributed by atoms with Crippen LogP contribution >= 0.6 is 0 Å². The summed E-state index contributed by atoms with van der Waals surface area (Å²) in [6, 6.07) is -0.355. The molecular weight excluding hydrogens is 283 g/mol. The van der Waals surface area contributed by atoms with Gasteiger partial charge in [0, 0.05) is 25.7 Å². The Morgan fingerprint density at radius 3 is 2.86 bits per heavy atom. The van der Waals surface area contributed by atoms with E-state index in [1.54, 1.807) is 17.9 Å². The van der Waals surface area contributed by atoms with E-state index >= 15 is 0 Å². The summed E-state index contributed by atoms with van der Waals surface area (Å²) >= 11 is 0. The zero-order valence-electron chi connectivity index (χ0n) is 12.0. The average Bonchev–Trinajstić information content (AvgIpc) is 2.82. The van der Waals surface area contributed by atoms with Crippen LogP contribution in [0.2, 0.25) is 0 Å². The molecule has 2 atom stereocenters. The van der Waals surface area contributed by atoms with Crippen molar-refractivity contribution in [2.24, 2.45) is 13.0 Å². The van der Waals surface area contributed by atoms with Gasteiger partial charge < -0.3 is 5.32 Å². The number of carbonyl (C=O) groups excluding carboxylic acids is 1. The Kier molecular flexibility index (Phi) is 4.90. The number of carbonyl (C=O) groups is 1. The number of aryl methyl sites for hydroxylation is 2. The van der Waals surface area contributed by atoms with Gasteiger partial charge in [-0.3, -0.25) is 9.48 Å². The standard InChI is InChI=1S/C14H20F3N3O/c1-20-9-10(8-18-20)5-6-13(21)19-12-4-2-3-11(7-12)14(15,16)17/h8-9,11-12H,2-7H2,1H3,(H,19,21). The van der Waals surface area contributed by atoms with Crippen LogP contribution in [0, 0.1) is 5.92 Å². The van der Waals surface area contributed by atoms with E-state index in [0.29, 0.717) is 19.3 Å². The molecule has 7 heteroatoms. The summed E-state index contributed by atoms with van der Waals surface area (Å²) in [6.07, 6.45) is 1.50. The summed E-state index contributed by atoms with van der Waals surface area (Å²) in [7, 11) is 1.79. The van der Waals surface area contributed by atoms with Crippen molar-refractivity contribution in [1.29, 1.82) is 0 Å². The summed E-state index contributed by atoms with van der Waals surface area (Å²) in [6.45, 7) is 0. The van der Waals surface area contributed by atoms with Crippen molar-refractivity contribution in [2.45, 2.75) is 50.7 Å². The molecule has 1 fully saturated rings. The third-order valence-electron chi connectivity index (χ3n) is 3.90. The number of rotatable bonds is 4. The lowest BCUT2D eigenvalue weighted by molar-refractivity contribution is -0.184. The minimum absolute atomic E-state index is 0.00212. The van der Waals surface area contributed by atoms with E-state index in [2.05, 4.69) is 10.4 Å². The summed E-state index contributed by atoms with van der Waals surface area (Å²) in [5.74, 6) is -1.47. The van der Waals surface area contributed by atoms with Gasteiger partial charge in [0.15, 0.2) is 0 Å². The number of alkyl halides is 3. The Hall–Kier alpha value is -1.53. The highest BCUT2D eigenvalue weighted by Crippen LogP contribution is 2.37. The second kappa shape index (κ2) is 6.49. The molecule has 1 aliphatic rings. The number of nitrogens with zero attached hydrogens (tertiary/aromatic N) is 2. The molecule has 2 rings (SSSR count). The molecule has 0 bridgehead atoms. The van der Waals surface area contributed by atoms with Crippen molar-refractivity contribution in [1.82, 2.24) is 15.1 Å². The van der Waals surface area contributed by atoms with E-state index in [0.717, 1.165) is 5.56 Å². The Morgan fingerprint density at radius 1 is 1.48 bits per heavy atom. The predicted octanol–water partition coefficient (Wildman–Crippen LogP) is 2.59. The molecule has 1 aromatic heterocycles. The lowest BCUT2D eigenvalue weighted by Gasteiger charge is -2.31. The summed E-state index contributed by atoms with van der Waals surface area (Å²) in [5.41, 5.74) is 0.949. The van der Waals surface area contributed by atoms with Crippen molar-refractivity contribution >= 4 is 5.91 Å². The number of aromatic nitrogens is 2. The summed E-state index contributed by atoms with van der Waals surface area (Å²) < 4.78 is 39.8. The molecule has 0 spiro atoms. The second-order valence-electron chi connectivity index (χ2n) is 5.69. The summed E-state index contributed by atoms with van der Waals surface area (Å²) in [5, 5.41) is 6.74. The molecule has 1 amide bonds. The SMILES string of the molecule is Cn1cc(CCC(=O)NC2CCCC(C(F)(F)F)C2)cn1. The van der Waals surface area contributed by atoms with Crippen LogP contribution in [-0.4, -0.2) is 27.9 Å². The molecule has 1 aromatic rings. The molecule has 0 radical (unpaired) electrons. The maximum absolute atomic E-state index is 12.7. The molecule has 0 saturated heterocycles. The maximum Gasteiger partial charge on any atom is 0.391 e. The maximum atomic E-state index is 12.7. The van der Waals surface area contributed by atoms with Crippen LogP contribution in [0.1, 0.15) is 37.7 Å². The molecule has 1 saturated carbocycles. The van der Waals surface area contributed by atoms with E-state index in [-0.39, 0.29) is 31.2 Å². The van der Waals surface area contributed by atoms with Crippen LogP contribution in [0.4, 0.5) is 13.2 Å². The molecule has 21 heavy (non-hydrogen) atoms.